The van der Waals surface area contributed by atoms with Crippen LogP contribution in [0.25, 0.3) is 0 Å². The van der Waals surface area contributed by atoms with Gasteiger partial charge in [-0.3, -0.25) is 9.59 Å². The number of nitrogens with zero attached hydrogens (tertiary/aromatic N) is 1. The van der Waals surface area contributed by atoms with Crippen molar-refractivity contribution in [2.45, 2.75) is 33.1 Å². The monoisotopic (exact) mass is 227 g/mol. The average Bonchev–Trinajstić information content (AvgIpc) is 2.23. The van der Waals surface area contributed by atoms with Gasteiger partial charge in [0, 0.05) is 26.4 Å². The topological polar surface area (TPSA) is 46.6 Å². The summed E-state index contributed by atoms with van der Waals surface area (Å²) in [4.78, 5) is 24.8. The van der Waals surface area contributed by atoms with Crippen LogP contribution >= 0.6 is 0 Å². The largest absolute Gasteiger partial charge is 0.466 e. The van der Waals surface area contributed by atoms with Gasteiger partial charge in [0.2, 0.25) is 5.91 Å². The summed E-state index contributed by atoms with van der Waals surface area (Å²) in [6.07, 6.45) is 1.86. The fraction of sp³-hybridized carbons (Fsp3) is 0.833. The molecule has 0 aromatic heterocycles. The maximum atomic E-state index is 11.6. The average molecular weight is 227 g/mol. The van der Waals surface area contributed by atoms with Crippen molar-refractivity contribution in [1.29, 1.82) is 0 Å². The van der Waals surface area contributed by atoms with Crippen molar-refractivity contribution in [3.05, 3.63) is 0 Å². The minimum absolute atomic E-state index is 0.138. The minimum Gasteiger partial charge on any atom is -0.466 e. The lowest BCUT2D eigenvalue weighted by Crippen LogP contribution is -2.42. The number of carbonyl (C=O) groups is 2. The molecule has 1 heterocycles. The first-order valence-electron chi connectivity index (χ1n) is 5.98. The molecule has 4 nitrogen and oxygen atoms in total. The number of ether oxygens (including phenoxy) is 1. The molecule has 0 aromatic rings. The highest BCUT2D eigenvalue weighted by Crippen LogP contribution is 2.29. The Morgan fingerprint density at radius 1 is 1.44 bits per heavy atom. The summed E-state index contributed by atoms with van der Waals surface area (Å²) in [6.45, 7) is 5.08. The molecule has 0 spiro atoms. The number of rotatable bonds is 4. The van der Waals surface area contributed by atoms with Crippen molar-refractivity contribution in [1.82, 2.24) is 4.90 Å². The van der Waals surface area contributed by atoms with Gasteiger partial charge in [0.1, 0.15) is 0 Å². The van der Waals surface area contributed by atoms with Crippen LogP contribution in [0.5, 0.6) is 0 Å². The number of amides is 1. The first-order valence-corrected chi connectivity index (χ1v) is 5.98. The molecule has 0 unspecified atom stereocenters. The quantitative estimate of drug-likeness (QED) is 0.683. The summed E-state index contributed by atoms with van der Waals surface area (Å²) in [6, 6.07) is 0. The van der Waals surface area contributed by atoms with E-state index in [4.69, 9.17) is 4.74 Å². The molecule has 4 heteroatoms. The Hall–Kier alpha value is -1.06. The Labute approximate surface area is 96.9 Å². The first kappa shape index (κ1) is 13.0. The van der Waals surface area contributed by atoms with Crippen molar-refractivity contribution in [2.24, 2.45) is 11.8 Å². The summed E-state index contributed by atoms with van der Waals surface area (Å²) < 4.78 is 4.94. The molecule has 0 aliphatic carbocycles. The van der Waals surface area contributed by atoms with Crippen LogP contribution in [0.3, 0.4) is 0 Å². The van der Waals surface area contributed by atoms with Crippen LogP contribution in [-0.2, 0) is 14.3 Å². The molecule has 16 heavy (non-hydrogen) atoms. The lowest BCUT2D eigenvalue weighted by Gasteiger charge is -2.35. The van der Waals surface area contributed by atoms with Crippen LogP contribution in [0, 0.1) is 11.8 Å². The predicted octanol–water partition coefficient (Wildman–Crippen LogP) is 1.44. The Balaban J connectivity index is 2.55. The molecule has 1 aliphatic rings. The first-order chi connectivity index (χ1) is 7.58. The van der Waals surface area contributed by atoms with Crippen LogP contribution in [0.4, 0.5) is 0 Å². The van der Waals surface area contributed by atoms with E-state index in [9.17, 15) is 9.59 Å². The third-order valence-corrected chi connectivity index (χ3v) is 3.30. The van der Waals surface area contributed by atoms with Gasteiger partial charge in [-0.1, -0.05) is 13.3 Å². The van der Waals surface area contributed by atoms with Gasteiger partial charge in [0.05, 0.1) is 6.61 Å². The molecular weight excluding hydrogens is 206 g/mol. The van der Waals surface area contributed by atoms with E-state index >= 15 is 0 Å². The number of hydrogen-bond acceptors (Lipinski definition) is 3. The number of hydrogen-bond donors (Lipinski definition) is 0. The van der Waals surface area contributed by atoms with Gasteiger partial charge in [-0.25, -0.2) is 0 Å². The highest BCUT2D eigenvalue weighted by atomic mass is 16.5. The molecule has 0 radical (unpaired) electrons. The van der Waals surface area contributed by atoms with Crippen molar-refractivity contribution in [2.75, 3.05) is 20.2 Å². The summed E-state index contributed by atoms with van der Waals surface area (Å²) in [5.74, 6) is 0.544. The van der Waals surface area contributed by atoms with Gasteiger partial charge in [-0.2, -0.15) is 0 Å². The summed E-state index contributed by atoms with van der Waals surface area (Å²) in [7, 11) is 1.82. The molecule has 1 saturated heterocycles. The van der Waals surface area contributed by atoms with E-state index in [-0.39, 0.29) is 17.8 Å². The summed E-state index contributed by atoms with van der Waals surface area (Å²) in [5.41, 5.74) is 0. The molecule has 92 valence electrons. The van der Waals surface area contributed by atoms with E-state index in [1.54, 1.807) is 11.8 Å². The lowest BCUT2D eigenvalue weighted by atomic mass is 9.81. The Bertz CT molecular complexity index is 265. The zero-order valence-electron chi connectivity index (χ0n) is 10.4. The van der Waals surface area contributed by atoms with Crippen LogP contribution in [0.1, 0.15) is 33.1 Å². The second-order valence-corrected chi connectivity index (χ2v) is 4.42. The van der Waals surface area contributed by atoms with Gasteiger partial charge in [0.15, 0.2) is 0 Å². The Kier molecular flexibility index (Phi) is 4.77. The van der Waals surface area contributed by atoms with Gasteiger partial charge >= 0.3 is 5.97 Å². The van der Waals surface area contributed by atoms with E-state index in [1.165, 1.54) is 0 Å². The van der Waals surface area contributed by atoms with Crippen LogP contribution in [0.2, 0.25) is 0 Å². The van der Waals surface area contributed by atoms with Gasteiger partial charge in [-0.05, 0) is 18.8 Å². The van der Waals surface area contributed by atoms with E-state index < -0.39 is 0 Å². The number of piperidine rings is 1. The second-order valence-electron chi connectivity index (χ2n) is 4.42. The molecule has 0 N–H and O–H groups in total. The maximum Gasteiger partial charge on any atom is 0.306 e. The molecule has 0 aromatic carbocycles. The molecule has 0 saturated carbocycles. The molecular formula is C12H21NO3. The normalized spacial score (nSPS) is 25.7. The zero-order chi connectivity index (χ0) is 12.1. The maximum absolute atomic E-state index is 11.6. The third-order valence-electron chi connectivity index (χ3n) is 3.30. The predicted molar refractivity (Wildman–Crippen MR) is 60.8 cm³/mol. The number of esters is 1. The van der Waals surface area contributed by atoms with Gasteiger partial charge in [0.25, 0.3) is 0 Å². The molecule has 1 rings (SSSR count). The summed E-state index contributed by atoms with van der Waals surface area (Å²) in [5, 5.41) is 0. The van der Waals surface area contributed by atoms with E-state index in [0.29, 0.717) is 25.4 Å². The van der Waals surface area contributed by atoms with E-state index in [1.807, 2.05) is 7.05 Å². The highest BCUT2D eigenvalue weighted by molar-refractivity contribution is 5.78. The molecule has 1 fully saturated rings. The fourth-order valence-electron chi connectivity index (χ4n) is 2.28. The van der Waals surface area contributed by atoms with Gasteiger partial charge in [-0.15, -0.1) is 0 Å². The fourth-order valence-corrected chi connectivity index (χ4v) is 2.28. The second kappa shape index (κ2) is 5.87. The Morgan fingerprint density at radius 2 is 2.12 bits per heavy atom. The van der Waals surface area contributed by atoms with Crippen LogP contribution in [-0.4, -0.2) is 37.0 Å². The van der Waals surface area contributed by atoms with Crippen molar-refractivity contribution >= 4 is 11.9 Å². The standard InChI is InChI=1S/C12H21NO3/c1-4-9-8-13(3)11(14)6-10(9)7-12(15)16-5-2/h9-10H,4-8H2,1-3H3/t9-,10+/m0/s1. The van der Waals surface area contributed by atoms with Gasteiger partial charge < -0.3 is 9.64 Å². The van der Waals surface area contributed by atoms with Crippen molar-refractivity contribution < 1.29 is 14.3 Å². The summed E-state index contributed by atoms with van der Waals surface area (Å²) >= 11 is 0. The minimum atomic E-state index is -0.177. The highest BCUT2D eigenvalue weighted by Gasteiger charge is 2.32. The lowest BCUT2D eigenvalue weighted by molar-refractivity contribution is -0.146. The number of likely N-dealkylation sites (tertiary alicyclic amines) is 1. The molecule has 0 bridgehead atoms. The molecule has 1 amide bonds. The molecule has 1 aliphatic heterocycles. The smallest absolute Gasteiger partial charge is 0.306 e. The van der Waals surface area contributed by atoms with Crippen molar-refractivity contribution in [3.8, 4) is 0 Å². The third kappa shape index (κ3) is 3.22. The van der Waals surface area contributed by atoms with Crippen LogP contribution < -0.4 is 0 Å². The number of carbonyl (C=O) groups excluding carboxylic acids is 2. The van der Waals surface area contributed by atoms with E-state index in [0.717, 1.165) is 13.0 Å². The Morgan fingerprint density at radius 3 is 2.69 bits per heavy atom. The van der Waals surface area contributed by atoms with Crippen LogP contribution in [0.15, 0.2) is 0 Å². The molecule has 2 atom stereocenters. The SMILES string of the molecule is CCOC(=O)C[C@H]1CC(=O)N(C)C[C@@H]1CC. The zero-order valence-corrected chi connectivity index (χ0v) is 10.4. The van der Waals surface area contributed by atoms with E-state index in [2.05, 4.69) is 6.92 Å². The van der Waals surface area contributed by atoms with Crippen molar-refractivity contribution in [3.63, 3.8) is 0 Å².